The van der Waals surface area contributed by atoms with Crippen LogP contribution in [0.15, 0.2) is 72.8 Å². The standard InChI is InChI=1S/C42H58N6O7/c1-29-26-48(30(2)28-49)41(52)34-25-33(44-39(50)20-9-6-10-21-40(51)46-36-19-12-11-18-35(36)43)22-23-37(34)55-31(3)15-13-14-24-54-38(29)27-47(4)42(53)45-32-16-7-5-8-17-32/h5,7-8,11-12,16-19,22-23,25,29-31,38,49H,6,9-10,13-15,20-21,24,26-28,43H2,1-4H3,(H,44,50)(H,45,53)(H,46,51)/t29-,30+,31+,38-/m0/s1. The van der Waals surface area contributed by atoms with Crippen molar-refractivity contribution in [1.29, 1.82) is 0 Å². The molecule has 1 aliphatic rings. The summed E-state index contributed by atoms with van der Waals surface area (Å²) in [6, 6.07) is 20.6. The Morgan fingerprint density at radius 2 is 1.60 bits per heavy atom. The summed E-state index contributed by atoms with van der Waals surface area (Å²) in [7, 11) is 1.71. The van der Waals surface area contributed by atoms with Gasteiger partial charge in [-0.25, -0.2) is 4.79 Å². The highest BCUT2D eigenvalue weighted by Crippen LogP contribution is 2.29. The fraction of sp³-hybridized carbons (Fsp3) is 0.476. The third kappa shape index (κ3) is 13.6. The molecule has 4 atom stereocenters. The number of amides is 5. The maximum Gasteiger partial charge on any atom is 0.321 e. The molecule has 298 valence electrons. The smallest absolute Gasteiger partial charge is 0.321 e. The predicted molar refractivity (Wildman–Crippen MR) is 216 cm³/mol. The third-order valence-electron chi connectivity index (χ3n) is 9.70. The number of likely N-dealkylation sites (N-methyl/N-ethyl adjacent to an activating group) is 1. The molecular weight excluding hydrogens is 700 g/mol. The fourth-order valence-corrected chi connectivity index (χ4v) is 6.35. The lowest BCUT2D eigenvalue weighted by molar-refractivity contribution is -0.116. The predicted octanol–water partition coefficient (Wildman–Crippen LogP) is 6.76. The molecule has 6 N–H and O–H groups in total. The van der Waals surface area contributed by atoms with Gasteiger partial charge >= 0.3 is 6.03 Å². The minimum Gasteiger partial charge on any atom is -0.490 e. The number of nitrogen functional groups attached to an aromatic ring is 1. The first-order valence-corrected chi connectivity index (χ1v) is 19.3. The largest absolute Gasteiger partial charge is 0.490 e. The van der Waals surface area contributed by atoms with Crippen LogP contribution in [-0.2, 0) is 14.3 Å². The van der Waals surface area contributed by atoms with Gasteiger partial charge in [0.1, 0.15) is 5.75 Å². The van der Waals surface area contributed by atoms with Crippen LogP contribution in [0.1, 0.15) is 82.5 Å². The van der Waals surface area contributed by atoms with E-state index in [0.717, 1.165) is 19.3 Å². The van der Waals surface area contributed by atoms with E-state index in [1.54, 1.807) is 66.2 Å². The highest BCUT2D eigenvalue weighted by atomic mass is 16.5. The molecule has 0 radical (unpaired) electrons. The first-order chi connectivity index (χ1) is 26.4. The molecule has 0 aromatic heterocycles. The monoisotopic (exact) mass is 758 g/mol. The molecule has 4 rings (SSSR count). The van der Waals surface area contributed by atoms with Gasteiger partial charge in [-0.1, -0.05) is 43.7 Å². The Morgan fingerprint density at radius 1 is 0.909 bits per heavy atom. The number of carbonyl (C=O) groups is 4. The minimum atomic E-state index is -0.543. The van der Waals surface area contributed by atoms with E-state index in [1.165, 1.54) is 0 Å². The van der Waals surface area contributed by atoms with Gasteiger partial charge < -0.3 is 46.1 Å². The number of rotatable bonds is 13. The van der Waals surface area contributed by atoms with Crippen molar-refractivity contribution in [3.05, 3.63) is 78.4 Å². The number of hydrogen-bond acceptors (Lipinski definition) is 8. The van der Waals surface area contributed by atoms with E-state index in [1.807, 2.05) is 44.2 Å². The Kier molecular flexibility index (Phi) is 16.8. The average Bonchev–Trinajstić information content (AvgIpc) is 3.17. The molecule has 13 nitrogen and oxygen atoms in total. The summed E-state index contributed by atoms with van der Waals surface area (Å²) < 4.78 is 12.7. The number of benzene rings is 3. The molecule has 5 amide bonds. The van der Waals surface area contributed by atoms with Crippen LogP contribution in [0.3, 0.4) is 0 Å². The van der Waals surface area contributed by atoms with E-state index >= 15 is 0 Å². The highest BCUT2D eigenvalue weighted by Gasteiger charge is 2.31. The second kappa shape index (κ2) is 21.7. The summed E-state index contributed by atoms with van der Waals surface area (Å²) in [5.74, 6) is -0.515. The number of nitrogens with two attached hydrogens (primary N) is 1. The lowest BCUT2D eigenvalue weighted by Crippen LogP contribution is -2.48. The Labute approximate surface area is 324 Å². The topological polar surface area (TPSA) is 176 Å². The van der Waals surface area contributed by atoms with Gasteiger partial charge in [-0.2, -0.15) is 0 Å². The number of aliphatic hydroxyl groups excluding tert-OH is 1. The molecule has 0 unspecified atom stereocenters. The quantitative estimate of drug-likeness (QED) is 0.0939. The van der Waals surface area contributed by atoms with Crippen molar-refractivity contribution in [3.63, 3.8) is 0 Å². The third-order valence-corrected chi connectivity index (χ3v) is 9.70. The van der Waals surface area contributed by atoms with Crippen molar-refractivity contribution in [3.8, 4) is 5.75 Å². The average molecular weight is 759 g/mol. The van der Waals surface area contributed by atoms with Gasteiger partial charge in [0, 0.05) is 56.9 Å². The lowest BCUT2D eigenvalue weighted by atomic mass is 10.0. The number of para-hydroxylation sites is 3. The van der Waals surface area contributed by atoms with Crippen LogP contribution in [0.5, 0.6) is 5.75 Å². The number of nitrogens with zero attached hydrogens (tertiary/aromatic N) is 2. The molecule has 1 aliphatic heterocycles. The van der Waals surface area contributed by atoms with E-state index in [0.29, 0.717) is 60.8 Å². The zero-order valence-electron chi connectivity index (χ0n) is 32.6. The van der Waals surface area contributed by atoms with Crippen molar-refractivity contribution in [2.45, 2.75) is 90.4 Å². The Morgan fingerprint density at radius 3 is 2.31 bits per heavy atom. The molecule has 0 saturated heterocycles. The zero-order chi connectivity index (χ0) is 39.7. The summed E-state index contributed by atoms with van der Waals surface area (Å²) in [5.41, 5.74) is 8.41. The van der Waals surface area contributed by atoms with Crippen LogP contribution < -0.4 is 26.4 Å². The summed E-state index contributed by atoms with van der Waals surface area (Å²) in [6.45, 7) is 6.45. The number of urea groups is 1. The van der Waals surface area contributed by atoms with Gasteiger partial charge in [-0.3, -0.25) is 14.4 Å². The zero-order valence-corrected chi connectivity index (χ0v) is 32.6. The van der Waals surface area contributed by atoms with Crippen LogP contribution in [0.4, 0.5) is 27.5 Å². The first kappa shape index (κ1) is 42.6. The van der Waals surface area contributed by atoms with E-state index in [9.17, 15) is 24.3 Å². The van der Waals surface area contributed by atoms with Gasteiger partial charge in [0.15, 0.2) is 0 Å². The number of fused-ring (bicyclic) bond motifs is 1. The number of aliphatic hydroxyl groups is 1. The summed E-state index contributed by atoms with van der Waals surface area (Å²) >= 11 is 0. The molecule has 55 heavy (non-hydrogen) atoms. The van der Waals surface area contributed by atoms with Gasteiger partial charge in [-0.05, 0) is 88.4 Å². The van der Waals surface area contributed by atoms with E-state index in [4.69, 9.17) is 15.2 Å². The van der Waals surface area contributed by atoms with Crippen molar-refractivity contribution >= 4 is 46.5 Å². The molecule has 3 aromatic rings. The van der Waals surface area contributed by atoms with Crippen molar-refractivity contribution in [1.82, 2.24) is 9.80 Å². The number of unbranched alkanes of at least 4 members (excludes halogenated alkanes) is 2. The summed E-state index contributed by atoms with van der Waals surface area (Å²) in [5, 5.41) is 18.9. The van der Waals surface area contributed by atoms with Crippen LogP contribution >= 0.6 is 0 Å². The normalized spacial score (nSPS) is 18.5. The SMILES string of the molecule is C[C@@H]1CCCCO[C@@H](CN(C)C(=O)Nc2ccccc2)[C@@H](C)CN([C@H](C)CO)C(=O)c2cc(NC(=O)CCCCCC(=O)Nc3ccccc3N)ccc2O1. The number of hydrogen-bond donors (Lipinski definition) is 5. The minimum absolute atomic E-state index is 0.131. The van der Waals surface area contributed by atoms with Crippen LogP contribution in [0.2, 0.25) is 0 Å². The number of nitrogens with one attached hydrogen (secondary N) is 3. The van der Waals surface area contributed by atoms with Gasteiger partial charge in [-0.15, -0.1) is 0 Å². The molecule has 0 aliphatic carbocycles. The molecule has 0 spiro atoms. The van der Waals surface area contributed by atoms with E-state index in [-0.39, 0.29) is 67.5 Å². The van der Waals surface area contributed by atoms with Crippen LogP contribution in [-0.4, -0.2) is 90.3 Å². The van der Waals surface area contributed by atoms with Gasteiger partial charge in [0.25, 0.3) is 5.91 Å². The van der Waals surface area contributed by atoms with E-state index < -0.39 is 12.1 Å². The van der Waals surface area contributed by atoms with Crippen molar-refractivity contribution < 1.29 is 33.8 Å². The first-order valence-electron chi connectivity index (χ1n) is 19.3. The van der Waals surface area contributed by atoms with Crippen LogP contribution in [0, 0.1) is 5.92 Å². The Bertz CT molecular complexity index is 1710. The second-order valence-electron chi connectivity index (χ2n) is 14.4. The molecule has 1 heterocycles. The fourth-order valence-electron chi connectivity index (χ4n) is 6.35. The molecule has 13 heteroatoms. The molecular formula is C42H58N6O7. The van der Waals surface area contributed by atoms with Crippen molar-refractivity contribution in [2.75, 3.05) is 55.0 Å². The number of anilines is 4. The molecule has 0 saturated carbocycles. The van der Waals surface area contributed by atoms with Crippen molar-refractivity contribution in [2.24, 2.45) is 5.92 Å². The Balaban J connectivity index is 1.42. The van der Waals surface area contributed by atoms with E-state index in [2.05, 4.69) is 16.0 Å². The lowest BCUT2D eigenvalue weighted by Gasteiger charge is -2.35. The second-order valence-corrected chi connectivity index (χ2v) is 14.4. The molecule has 0 fully saturated rings. The summed E-state index contributed by atoms with van der Waals surface area (Å²) in [4.78, 5) is 56.0. The molecule has 3 aromatic carbocycles. The number of carbonyl (C=O) groups excluding carboxylic acids is 4. The summed E-state index contributed by atoms with van der Waals surface area (Å²) in [6.07, 6.45) is 4.21. The maximum absolute atomic E-state index is 14.4. The highest BCUT2D eigenvalue weighted by molar-refractivity contribution is 6.00. The Hall–Kier alpha value is -5.14. The van der Waals surface area contributed by atoms with Gasteiger partial charge in [0.2, 0.25) is 11.8 Å². The van der Waals surface area contributed by atoms with Gasteiger partial charge in [0.05, 0.1) is 41.8 Å². The number of ether oxygens (including phenoxy) is 2. The maximum atomic E-state index is 14.4. The van der Waals surface area contributed by atoms with Crippen LogP contribution in [0.25, 0.3) is 0 Å². The molecule has 0 bridgehead atoms.